The van der Waals surface area contributed by atoms with Gasteiger partial charge in [0.25, 0.3) is 0 Å². The van der Waals surface area contributed by atoms with Crippen molar-refractivity contribution >= 4 is 5.78 Å². The Morgan fingerprint density at radius 3 is 2.77 bits per heavy atom. The molecule has 0 aliphatic heterocycles. The normalized spacial score (nSPS) is 9.69. The highest BCUT2D eigenvalue weighted by Crippen LogP contribution is 2.11. The summed E-state index contributed by atoms with van der Waals surface area (Å²) in [7, 11) is 0. The van der Waals surface area contributed by atoms with E-state index in [2.05, 4.69) is 18.7 Å². The van der Waals surface area contributed by atoms with Crippen LogP contribution in [0.2, 0.25) is 0 Å². The lowest BCUT2D eigenvalue weighted by molar-refractivity contribution is -0.114. The molecule has 0 N–H and O–H groups in total. The van der Waals surface area contributed by atoms with Crippen LogP contribution < -0.4 is 0 Å². The zero-order valence-corrected chi connectivity index (χ0v) is 8.13. The van der Waals surface area contributed by atoms with Crippen LogP contribution in [0.1, 0.15) is 16.7 Å². The van der Waals surface area contributed by atoms with Gasteiger partial charge in [0.1, 0.15) is 0 Å². The second-order valence-corrected chi connectivity index (χ2v) is 3.28. The summed E-state index contributed by atoms with van der Waals surface area (Å²) in [6.45, 7) is 7.51. The van der Waals surface area contributed by atoms with Crippen LogP contribution in [0.15, 0.2) is 30.9 Å². The van der Waals surface area contributed by atoms with Gasteiger partial charge >= 0.3 is 0 Å². The Kier molecular flexibility index (Phi) is 3.02. The molecule has 13 heavy (non-hydrogen) atoms. The quantitative estimate of drug-likeness (QED) is 0.644. The number of ketones is 1. The van der Waals surface area contributed by atoms with E-state index in [1.54, 1.807) is 0 Å². The zero-order chi connectivity index (χ0) is 9.84. The molecular weight excluding hydrogens is 160 g/mol. The average molecular weight is 174 g/mol. The third-order valence-electron chi connectivity index (χ3n) is 2.10. The maximum atomic E-state index is 11.1. The number of carbonyl (C=O) groups excluding carboxylic acids is 1. The van der Waals surface area contributed by atoms with Gasteiger partial charge in [-0.15, -0.1) is 0 Å². The standard InChI is InChI=1S/C12H14O/c1-4-12(13)8-11-7-9(2)5-6-10(11)3/h4-7H,1,8H2,2-3H3. The molecule has 0 aliphatic rings. The molecule has 0 amide bonds. The zero-order valence-electron chi connectivity index (χ0n) is 8.13. The van der Waals surface area contributed by atoms with Crippen LogP contribution >= 0.6 is 0 Å². The molecule has 0 radical (unpaired) electrons. The summed E-state index contributed by atoms with van der Waals surface area (Å²) in [5, 5.41) is 0. The molecule has 1 rings (SSSR count). The largest absolute Gasteiger partial charge is 0.295 e. The van der Waals surface area contributed by atoms with E-state index in [9.17, 15) is 4.79 Å². The number of allylic oxidation sites excluding steroid dienone is 1. The van der Waals surface area contributed by atoms with Gasteiger partial charge in [-0.2, -0.15) is 0 Å². The lowest BCUT2D eigenvalue weighted by Crippen LogP contribution is -2.00. The van der Waals surface area contributed by atoms with E-state index < -0.39 is 0 Å². The molecule has 0 aromatic heterocycles. The fourth-order valence-corrected chi connectivity index (χ4v) is 1.25. The van der Waals surface area contributed by atoms with Gasteiger partial charge in [-0.3, -0.25) is 4.79 Å². The maximum absolute atomic E-state index is 11.1. The summed E-state index contributed by atoms with van der Waals surface area (Å²) in [4.78, 5) is 11.1. The summed E-state index contributed by atoms with van der Waals surface area (Å²) >= 11 is 0. The van der Waals surface area contributed by atoms with Crippen molar-refractivity contribution in [3.8, 4) is 0 Å². The van der Waals surface area contributed by atoms with Gasteiger partial charge in [0.2, 0.25) is 0 Å². The summed E-state index contributed by atoms with van der Waals surface area (Å²) in [5.74, 6) is 0.0775. The molecule has 0 saturated heterocycles. The minimum Gasteiger partial charge on any atom is -0.295 e. The van der Waals surface area contributed by atoms with Crippen LogP contribution in [0, 0.1) is 13.8 Å². The minimum atomic E-state index is 0.0775. The van der Waals surface area contributed by atoms with Gasteiger partial charge < -0.3 is 0 Å². The third kappa shape index (κ3) is 2.55. The number of hydrogen-bond acceptors (Lipinski definition) is 1. The molecule has 68 valence electrons. The molecule has 0 saturated carbocycles. The van der Waals surface area contributed by atoms with Crippen molar-refractivity contribution in [2.45, 2.75) is 20.3 Å². The summed E-state index contributed by atoms with van der Waals surface area (Å²) < 4.78 is 0. The molecule has 0 fully saturated rings. The van der Waals surface area contributed by atoms with Crippen molar-refractivity contribution in [1.82, 2.24) is 0 Å². The van der Waals surface area contributed by atoms with E-state index in [1.165, 1.54) is 17.2 Å². The van der Waals surface area contributed by atoms with E-state index in [4.69, 9.17) is 0 Å². The Labute approximate surface area is 79.1 Å². The fourth-order valence-electron chi connectivity index (χ4n) is 1.25. The van der Waals surface area contributed by atoms with Crippen LogP contribution in [0.4, 0.5) is 0 Å². The Morgan fingerprint density at radius 2 is 2.15 bits per heavy atom. The second kappa shape index (κ2) is 4.04. The first-order chi connectivity index (χ1) is 6.13. The molecule has 1 heteroatoms. The summed E-state index contributed by atoms with van der Waals surface area (Å²) in [6, 6.07) is 6.15. The highest BCUT2D eigenvalue weighted by atomic mass is 16.1. The van der Waals surface area contributed by atoms with Crippen molar-refractivity contribution < 1.29 is 4.79 Å². The second-order valence-electron chi connectivity index (χ2n) is 3.28. The lowest BCUT2D eigenvalue weighted by atomic mass is 10.0. The van der Waals surface area contributed by atoms with Crippen molar-refractivity contribution in [3.05, 3.63) is 47.5 Å². The molecular formula is C12H14O. The SMILES string of the molecule is C=CC(=O)Cc1cc(C)ccc1C. The van der Waals surface area contributed by atoms with Crippen molar-refractivity contribution in [3.63, 3.8) is 0 Å². The molecule has 0 bridgehead atoms. The Bertz CT molecular complexity index is 337. The minimum absolute atomic E-state index is 0.0775. The van der Waals surface area contributed by atoms with Crippen molar-refractivity contribution in [2.75, 3.05) is 0 Å². The predicted octanol–water partition coefficient (Wildman–Crippen LogP) is 2.60. The molecule has 0 spiro atoms. The number of benzene rings is 1. The predicted molar refractivity (Wildman–Crippen MR) is 54.8 cm³/mol. The molecule has 0 aliphatic carbocycles. The number of aryl methyl sites for hydroxylation is 2. The molecule has 1 aromatic rings. The lowest BCUT2D eigenvalue weighted by Gasteiger charge is -2.04. The molecule has 0 atom stereocenters. The highest BCUT2D eigenvalue weighted by molar-refractivity contribution is 5.91. The van der Waals surface area contributed by atoms with Gasteiger partial charge in [-0.25, -0.2) is 0 Å². The first-order valence-electron chi connectivity index (χ1n) is 4.35. The van der Waals surface area contributed by atoms with Gasteiger partial charge in [-0.1, -0.05) is 30.3 Å². The van der Waals surface area contributed by atoms with E-state index >= 15 is 0 Å². The van der Waals surface area contributed by atoms with Gasteiger partial charge in [0.05, 0.1) is 0 Å². The van der Waals surface area contributed by atoms with Crippen molar-refractivity contribution in [1.29, 1.82) is 0 Å². The number of hydrogen-bond donors (Lipinski definition) is 0. The van der Waals surface area contributed by atoms with E-state index in [-0.39, 0.29) is 5.78 Å². The van der Waals surface area contributed by atoms with Crippen molar-refractivity contribution in [2.24, 2.45) is 0 Å². The van der Waals surface area contributed by atoms with Crippen LogP contribution in [0.5, 0.6) is 0 Å². The van der Waals surface area contributed by atoms with Gasteiger partial charge in [-0.05, 0) is 31.1 Å². The van der Waals surface area contributed by atoms with Crippen LogP contribution in [-0.2, 0) is 11.2 Å². The van der Waals surface area contributed by atoms with E-state index in [0.29, 0.717) is 6.42 Å². The highest BCUT2D eigenvalue weighted by Gasteiger charge is 2.02. The van der Waals surface area contributed by atoms with Gasteiger partial charge in [0.15, 0.2) is 5.78 Å². The average Bonchev–Trinajstić information content (AvgIpc) is 2.11. The number of carbonyl (C=O) groups is 1. The van der Waals surface area contributed by atoms with Gasteiger partial charge in [0, 0.05) is 6.42 Å². The molecule has 0 unspecified atom stereocenters. The first-order valence-corrected chi connectivity index (χ1v) is 4.35. The first kappa shape index (κ1) is 9.72. The molecule has 1 nitrogen and oxygen atoms in total. The van der Waals surface area contributed by atoms with Crippen LogP contribution in [-0.4, -0.2) is 5.78 Å². The Balaban J connectivity index is 2.93. The third-order valence-corrected chi connectivity index (χ3v) is 2.10. The van der Waals surface area contributed by atoms with E-state index in [0.717, 1.165) is 5.56 Å². The summed E-state index contributed by atoms with van der Waals surface area (Å²) in [6.07, 6.45) is 1.85. The maximum Gasteiger partial charge on any atom is 0.159 e. The molecule has 0 heterocycles. The fraction of sp³-hybridized carbons (Fsp3) is 0.250. The van der Waals surface area contributed by atoms with Crippen LogP contribution in [0.25, 0.3) is 0 Å². The number of rotatable bonds is 3. The van der Waals surface area contributed by atoms with E-state index in [1.807, 2.05) is 19.9 Å². The Hall–Kier alpha value is -1.37. The van der Waals surface area contributed by atoms with Crippen LogP contribution in [0.3, 0.4) is 0 Å². The topological polar surface area (TPSA) is 17.1 Å². The molecule has 1 aromatic carbocycles. The summed E-state index contributed by atoms with van der Waals surface area (Å²) in [5.41, 5.74) is 3.46. The smallest absolute Gasteiger partial charge is 0.159 e. The monoisotopic (exact) mass is 174 g/mol. The Morgan fingerprint density at radius 1 is 1.46 bits per heavy atom.